The Kier molecular flexibility index (Phi) is 6.06. The van der Waals surface area contributed by atoms with Gasteiger partial charge in [0.05, 0.1) is 0 Å². The summed E-state index contributed by atoms with van der Waals surface area (Å²) in [6, 6.07) is 16.1. The lowest BCUT2D eigenvalue weighted by Gasteiger charge is -2.10. The number of carbonyl (C=O) groups excluding carboxylic acids is 2. The highest BCUT2D eigenvalue weighted by Crippen LogP contribution is 2.21. The van der Waals surface area contributed by atoms with E-state index in [9.17, 15) is 9.59 Å². The zero-order valence-corrected chi connectivity index (χ0v) is 16.4. The van der Waals surface area contributed by atoms with E-state index in [1.807, 2.05) is 44.2 Å². The fourth-order valence-electron chi connectivity index (χ4n) is 2.69. The minimum atomic E-state index is -0.336. The summed E-state index contributed by atoms with van der Waals surface area (Å²) < 4.78 is 0. The number of pyridine rings is 1. The van der Waals surface area contributed by atoms with E-state index in [2.05, 4.69) is 15.6 Å². The van der Waals surface area contributed by atoms with Crippen LogP contribution in [0.25, 0.3) is 0 Å². The molecule has 0 spiro atoms. The Hall–Kier alpha value is -3.18. The molecule has 0 fully saturated rings. The second-order valence-electron chi connectivity index (χ2n) is 6.45. The summed E-state index contributed by atoms with van der Waals surface area (Å²) in [5.41, 5.74) is 4.17. The fourth-order valence-corrected chi connectivity index (χ4v) is 2.87. The number of rotatable bonds is 5. The van der Waals surface area contributed by atoms with Crippen LogP contribution in [-0.4, -0.2) is 16.8 Å². The van der Waals surface area contributed by atoms with Crippen molar-refractivity contribution in [2.24, 2.45) is 0 Å². The number of carbonyl (C=O) groups is 2. The molecule has 0 saturated carbocycles. The lowest BCUT2D eigenvalue weighted by Crippen LogP contribution is -2.24. The maximum absolute atomic E-state index is 12.6. The summed E-state index contributed by atoms with van der Waals surface area (Å²) >= 11 is 6.00. The van der Waals surface area contributed by atoms with Crippen LogP contribution in [0.1, 0.15) is 37.5 Å². The van der Waals surface area contributed by atoms with Crippen molar-refractivity contribution in [3.8, 4) is 0 Å². The Morgan fingerprint density at radius 2 is 1.75 bits per heavy atom. The molecule has 0 bridgehead atoms. The molecule has 3 aromatic rings. The molecule has 5 nitrogen and oxygen atoms in total. The van der Waals surface area contributed by atoms with Gasteiger partial charge in [-0.25, -0.2) is 0 Å². The van der Waals surface area contributed by atoms with Crippen LogP contribution in [0.4, 0.5) is 5.69 Å². The van der Waals surface area contributed by atoms with Crippen LogP contribution >= 0.6 is 11.6 Å². The maximum atomic E-state index is 12.6. The first-order chi connectivity index (χ1) is 13.4. The highest BCUT2D eigenvalue weighted by Gasteiger charge is 2.13. The molecular formula is C22H20ClN3O2. The fraction of sp³-hybridized carbons (Fsp3) is 0.136. The minimum Gasteiger partial charge on any atom is -0.347 e. The summed E-state index contributed by atoms with van der Waals surface area (Å²) in [6.45, 7) is 4.26. The molecule has 1 aromatic heterocycles. The van der Waals surface area contributed by atoms with Crippen molar-refractivity contribution >= 4 is 29.1 Å². The van der Waals surface area contributed by atoms with Crippen molar-refractivity contribution in [2.75, 3.05) is 5.32 Å². The highest BCUT2D eigenvalue weighted by molar-refractivity contribution is 6.31. The molecule has 0 unspecified atom stereocenters. The molecule has 28 heavy (non-hydrogen) atoms. The monoisotopic (exact) mass is 393 g/mol. The SMILES string of the molecule is Cc1ccccc1CNC(=O)c1cc(C(=O)Nc2cc(Cl)ccc2C)ccn1. The first-order valence-corrected chi connectivity index (χ1v) is 9.18. The lowest BCUT2D eigenvalue weighted by atomic mass is 10.1. The molecule has 0 atom stereocenters. The van der Waals surface area contributed by atoms with Crippen LogP contribution in [0.2, 0.25) is 5.02 Å². The molecule has 2 amide bonds. The van der Waals surface area contributed by atoms with Crippen LogP contribution in [0.3, 0.4) is 0 Å². The van der Waals surface area contributed by atoms with E-state index >= 15 is 0 Å². The molecule has 0 aliphatic rings. The van der Waals surface area contributed by atoms with Gasteiger partial charge < -0.3 is 10.6 Å². The van der Waals surface area contributed by atoms with E-state index in [1.54, 1.807) is 18.2 Å². The minimum absolute atomic E-state index is 0.184. The number of amides is 2. The Labute approximate surface area is 168 Å². The summed E-state index contributed by atoms with van der Waals surface area (Å²) in [5.74, 6) is -0.669. The van der Waals surface area contributed by atoms with Crippen LogP contribution in [0, 0.1) is 13.8 Å². The summed E-state index contributed by atoms with van der Waals surface area (Å²) in [4.78, 5) is 29.1. The quantitative estimate of drug-likeness (QED) is 0.668. The summed E-state index contributed by atoms with van der Waals surface area (Å²) in [7, 11) is 0. The number of hydrogen-bond donors (Lipinski definition) is 2. The predicted molar refractivity (Wildman–Crippen MR) is 111 cm³/mol. The largest absolute Gasteiger partial charge is 0.347 e. The summed E-state index contributed by atoms with van der Waals surface area (Å²) in [6.07, 6.45) is 1.45. The van der Waals surface area contributed by atoms with Crippen molar-refractivity contribution in [3.63, 3.8) is 0 Å². The zero-order chi connectivity index (χ0) is 20.1. The van der Waals surface area contributed by atoms with Crippen LogP contribution in [0.5, 0.6) is 0 Å². The average molecular weight is 394 g/mol. The first-order valence-electron chi connectivity index (χ1n) is 8.80. The van der Waals surface area contributed by atoms with E-state index in [0.717, 1.165) is 16.7 Å². The van der Waals surface area contributed by atoms with Crippen molar-refractivity contribution in [1.29, 1.82) is 0 Å². The molecule has 3 rings (SSSR count). The number of aromatic nitrogens is 1. The number of halogens is 1. The third-order valence-electron chi connectivity index (χ3n) is 4.40. The van der Waals surface area contributed by atoms with Gasteiger partial charge in [0, 0.05) is 29.0 Å². The van der Waals surface area contributed by atoms with Crippen LogP contribution in [0.15, 0.2) is 60.8 Å². The van der Waals surface area contributed by atoms with E-state index in [-0.39, 0.29) is 17.5 Å². The molecule has 6 heteroatoms. The first kappa shape index (κ1) is 19.6. The average Bonchev–Trinajstić information content (AvgIpc) is 2.70. The van der Waals surface area contributed by atoms with Gasteiger partial charge in [0.2, 0.25) is 0 Å². The van der Waals surface area contributed by atoms with Crippen molar-refractivity contribution in [2.45, 2.75) is 20.4 Å². The van der Waals surface area contributed by atoms with Gasteiger partial charge in [0.15, 0.2) is 0 Å². The Balaban J connectivity index is 1.70. The molecule has 2 N–H and O–H groups in total. The van der Waals surface area contributed by atoms with Crippen molar-refractivity contribution < 1.29 is 9.59 Å². The van der Waals surface area contributed by atoms with Gasteiger partial charge in [-0.15, -0.1) is 0 Å². The maximum Gasteiger partial charge on any atom is 0.270 e. The van der Waals surface area contributed by atoms with E-state index in [4.69, 9.17) is 11.6 Å². The molecular weight excluding hydrogens is 374 g/mol. The van der Waals surface area contributed by atoms with Gasteiger partial charge >= 0.3 is 0 Å². The van der Waals surface area contributed by atoms with Gasteiger partial charge in [-0.2, -0.15) is 0 Å². The molecule has 0 aliphatic heterocycles. The number of nitrogens with zero attached hydrogens (tertiary/aromatic N) is 1. The molecule has 142 valence electrons. The Morgan fingerprint density at radius 1 is 0.964 bits per heavy atom. The second-order valence-corrected chi connectivity index (χ2v) is 6.89. The lowest BCUT2D eigenvalue weighted by molar-refractivity contribution is 0.0946. The number of benzene rings is 2. The van der Waals surface area contributed by atoms with Crippen molar-refractivity contribution in [3.05, 3.63) is 93.8 Å². The third kappa shape index (κ3) is 4.75. The van der Waals surface area contributed by atoms with Crippen LogP contribution in [-0.2, 0) is 6.54 Å². The van der Waals surface area contributed by atoms with Gasteiger partial charge in [-0.3, -0.25) is 14.6 Å². The Morgan fingerprint density at radius 3 is 2.54 bits per heavy atom. The molecule has 0 aliphatic carbocycles. The zero-order valence-electron chi connectivity index (χ0n) is 15.6. The van der Waals surface area contributed by atoms with E-state index < -0.39 is 0 Å². The molecule has 0 saturated heterocycles. The molecule has 0 radical (unpaired) electrons. The molecule has 1 heterocycles. The van der Waals surface area contributed by atoms with Crippen LogP contribution < -0.4 is 10.6 Å². The van der Waals surface area contributed by atoms with Gasteiger partial charge in [0.1, 0.15) is 5.69 Å². The van der Waals surface area contributed by atoms with Gasteiger partial charge in [-0.05, 0) is 54.8 Å². The highest BCUT2D eigenvalue weighted by atomic mass is 35.5. The second kappa shape index (κ2) is 8.67. The van der Waals surface area contributed by atoms with Crippen molar-refractivity contribution in [1.82, 2.24) is 10.3 Å². The van der Waals surface area contributed by atoms with E-state index in [0.29, 0.717) is 22.8 Å². The molecule has 2 aromatic carbocycles. The standard InChI is InChI=1S/C22H20ClN3O2/c1-14-5-3-4-6-17(14)13-25-22(28)20-11-16(9-10-24-20)21(27)26-19-12-18(23)8-7-15(19)2/h3-12H,13H2,1-2H3,(H,25,28)(H,26,27). The van der Waals surface area contributed by atoms with Gasteiger partial charge in [-0.1, -0.05) is 41.9 Å². The number of aryl methyl sites for hydroxylation is 2. The summed E-state index contributed by atoms with van der Waals surface area (Å²) in [5, 5.41) is 6.19. The Bertz CT molecular complexity index is 1030. The predicted octanol–water partition coefficient (Wildman–Crippen LogP) is 4.53. The normalized spacial score (nSPS) is 10.4. The van der Waals surface area contributed by atoms with Gasteiger partial charge in [0.25, 0.3) is 11.8 Å². The number of nitrogens with one attached hydrogen (secondary N) is 2. The smallest absolute Gasteiger partial charge is 0.270 e. The number of anilines is 1. The third-order valence-corrected chi connectivity index (χ3v) is 4.64. The number of hydrogen-bond acceptors (Lipinski definition) is 3. The van der Waals surface area contributed by atoms with E-state index in [1.165, 1.54) is 12.3 Å². The topological polar surface area (TPSA) is 71.1 Å².